The number of carboxylic acids is 1. The summed E-state index contributed by atoms with van der Waals surface area (Å²) in [6, 6.07) is -0.720. The van der Waals surface area contributed by atoms with Gasteiger partial charge in [-0.1, -0.05) is 0 Å². The lowest BCUT2D eigenvalue weighted by atomic mass is 10.2. The van der Waals surface area contributed by atoms with Crippen LogP contribution in [0, 0.1) is 0 Å². The maximum Gasteiger partial charge on any atom is 0.326 e. The molecule has 0 aromatic carbocycles. The molecule has 0 bridgehead atoms. The van der Waals surface area contributed by atoms with E-state index in [0.717, 1.165) is 0 Å². The topological polar surface area (TPSA) is 66.8 Å². The van der Waals surface area contributed by atoms with E-state index in [2.05, 4.69) is 0 Å². The summed E-state index contributed by atoms with van der Waals surface area (Å²) in [5.74, 6) is -1.18. The Morgan fingerprint density at radius 2 is 2.15 bits per heavy atom. The molecule has 74 valence electrons. The number of likely N-dealkylation sites (tertiary alicyclic amines) is 1. The van der Waals surface area contributed by atoms with Gasteiger partial charge in [-0.05, 0) is 0 Å². The molecule has 5 nitrogen and oxygen atoms in total. The van der Waals surface area contributed by atoms with Crippen molar-refractivity contribution >= 4 is 11.9 Å². The Labute approximate surface area is 76.3 Å². The van der Waals surface area contributed by atoms with Crippen molar-refractivity contribution in [3.05, 3.63) is 0 Å². The largest absolute Gasteiger partial charge is 0.480 e. The van der Waals surface area contributed by atoms with Crippen LogP contribution in [-0.4, -0.2) is 47.7 Å². The number of amides is 1. The van der Waals surface area contributed by atoms with Crippen molar-refractivity contribution in [3.63, 3.8) is 0 Å². The van der Waals surface area contributed by atoms with Crippen molar-refractivity contribution in [2.24, 2.45) is 0 Å². The minimum Gasteiger partial charge on any atom is -0.480 e. The molecule has 0 aliphatic carbocycles. The summed E-state index contributed by atoms with van der Waals surface area (Å²) in [5.41, 5.74) is 0. The summed E-state index contributed by atoms with van der Waals surface area (Å²) >= 11 is 0. The van der Waals surface area contributed by atoms with Gasteiger partial charge in [0.1, 0.15) is 6.04 Å². The van der Waals surface area contributed by atoms with Crippen LogP contribution < -0.4 is 0 Å². The number of carbonyl (C=O) groups excluding carboxylic acids is 1. The molecular weight excluding hydrogens is 174 g/mol. The van der Waals surface area contributed by atoms with Crippen LogP contribution in [0.25, 0.3) is 0 Å². The van der Waals surface area contributed by atoms with Gasteiger partial charge < -0.3 is 14.7 Å². The Hall–Kier alpha value is -1.10. The van der Waals surface area contributed by atoms with E-state index >= 15 is 0 Å². The summed E-state index contributed by atoms with van der Waals surface area (Å²) in [5, 5.41) is 8.80. The third kappa shape index (κ3) is 1.98. The van der Waals surface area contributed by atoms with Crippen molar-refractivity contribution in [1.29, 1.82) is 0 Å². The predicted octanol–water partition coefficient (Wildman–Crippen LogP) is -0.293. The van der Waals surface area contributed by atoms with E-state index in [9.17, 15) is 9.59 Å². The summed E-state index contributed by atoms with van der Waals surface area (Å²) in [7, 11) is 1.52. The van der Waals surface area contributed by atoms with Crippen LogP contribution >= 0.6 is 0 Å². The van der Waals surface area contributed by atoms with E-state index in [-0.39, 0.29) is 12.0 Å². The fourth-order valence-electron chi connectivity index (χ4n) is 1.55. The first kappa shape index (κ1) is 9.98. The van der Waals surface area contributed by atoms with Gasteiger partial charge in [0.15, 0.2) is 0 Å². The quantitative estimate of drug-likeness (QED) is 0.645. The SMILES string of the molecule is CO[C@@H]1C[C@@H](C(=O)O)N(C(C)=O)C1. The molecule has 1 aliphatic rings. The first-order valence-corrected chi connectivity index (χ1v) is 4.09. The van der Waals surface area contributed by atoms with Crippen LogP contribution in [0.2, 0.25) is 0 Å². The molecule has 1 fully saturated rings. The molecule has 2 atom stereocenters. The molecule has 1 saturated heterocycles. The van der Waals surface area contributed by atoms with Crippen molar-refractivity contribution in [2.45, 2.75) is 25.5 Å². The number of carbonyl (C=O) groups is 2. The lowest BCUT2D eigenvalue weighted by Crippen LogP contribution is -2.39. The van der Waals surface area contributed by atoms with Gasteiger partial charge in [0.25, 0.3) is 0 Å². The van der Waals surface area contributed by atoms with Gasteiger partial charge in [-0.3, -0.25) is 4.79 Å². The highest BCUT2D eigenvalue weighted by Gasteiger charge is 2.38. The second-order valence-electron chi connectivity index (χ2n) is 3.12. The van der Waals surface area contributed by atoms with Crippen LogP contribution in [0.5, 0.6) is 0 Å². The van der Waals surface area contributed by atoms with E-state index in [0.29, 0.717) is 13.0 Å². The molecule has 1 heterocycles. The van der Waals surface area contributed by atoms with Crippen LogP contribution in [0.4, 0.5) is 0 Å². The Balaban J connectivity index is 2.71. The van der Waals surface area contributed by atoms with Gasteiger partial charge >= 0.3 is 5.97 Å². The lowest BCUT2D eigenvalue weighted by molar-refractivity contribution is -0.147. The molecule has 0 aromatic heterocycles. The van der Waals surface area contributed by atoms with E-state index in [4.69, 9.17) is 9.84 Å². The Bertz CT molecular complexity index is 206. The standard InChI is InChI=1S/C8H13NO4/c1-5(10)9-4-6(13-2)3-7(9)8(11)12/h6-7H,3-4H2,1-2H3,(H,11,12)/t6-,7+/m1/s1. The maximum absolute atomic E-state index is 11.0. The summed E-state index contributed by atoms with van der Waals surface area (Å²) in [6.07, 6.45) is 0.232. The minimum atomic E-state index is -0.963. The number of rotatable bonds is 2. The van der Waals surface area contributed by atoms with Crippen LogP contribution in [0.15, 0.2) is 0 Å². The molecule has 0 saturated carbocycles. The number of aliphatic carboxylic acids is 1. The zero-order valence-electron chi connectivity index (χ0n) is 7.69. The third-order valence-corrected chi connectivity index (χ3v) is 2.29. The van der Waals surface area contributed by atoms with E-state index in [1.807, 2.05) is 0 Å². The average molecular weight is 187 g/mol. The highest BCUT2D eigenvalue weighted by atomic mass is 16.5. The molecule has 0 spiro atoms. The zero-order chi connectivity index (χ0) is 10.0. The molecule has 1 amide bonds. The predicted molar refractivity (Wildman–Crippen MR) is 44.2 cm³/mol. The first-order chi connectivity index (χ1) is 6.06. The highest BCUT2D eigenvalue weighted by molar-refractivity contribution is 5.83. The Kier molecular flexibility index (Phi) is 2.87. The van der Waals surface area contributed by atoms with Crippen LogP contribution in [-0.2, 0) is 14.3 Å². The van der Waals surface area contributed by atoms with Crippen molar-refractivity contribution < 1.29 is 19.4 Å². The van der Waals surface area contributed by atoms with E-state index < -0.39 is 12.0 Å². The number of hydrogen-bond acceptors (Lipinski definition) is 3. The monoisotopic (exact) mass is 187 g/mol. The van der Waals surface area contributed by atoms with Gasteiger partial charge in [0.05, 0.1) is 6.10 Å². The van der Waals surface area contributed by atoms with E-state index in [1.165, 1.54) is 18.9 Å². The third-order valence-electron chi connectivity index (χ3n) is 2.29. The van der Waals surface area contributed by atoms with Crippen molar-refractivity contribution in [2.75, 3.05) is 13.7 Å². The Morgan fingerprint density at radius 3 is 2.46 bits per heavy atom. The molecule has 1 aliphatic heterocycles. The number of hydrogen-bond donors (Lipinski definition) is 1. The van der Waals surface area contributed by atoms with Crippen LogP contribution in [0.3, 0.4) is 0 Å². The molecule has 0 unspecified atom stereocenters. The summed E-state index contributed by atoms with van der Waals surface area (Å²) in [6.45, 7) is 1.75. The first-order valence-electron chi connectivity index (χ1n) is 4.09. The second kappa shape index (κ2) is 3.74. The molecule has 13 heavy (non-hydrogen) atoms. The molecular formula is C8H13NO4. The average Bonchev–Trinajstić information content (AvgIpc) is 2.47. The fraction of sp³-hybridized carbons (Fsp3) is 0.750. The minimum absolute atomic E-state index is 0.148. The van der Waals surface area contributed by atoms with Crippen molar-refractivity contribution in [3.8, 4) is 0 Å². The molecule has 1 N–H and O–H groups in total. The lowest BCUT2D eigenvalue weighted by Gasteiger charge is -2.18. The zero-order valence-corrected chi connectivity index (χ0v) is 7.69. The number of methoxy groups -OCH3 is 1. The smallest absolute Gasteiger partial charge is 0.326 e. The summed E-state index contributed by atoms with van der Waals surface area (Å²) < 4.78 is 5.01. The molecule has 5 heteroatoms. The van der Waals surface area contributed by atoms with Crippen LogP contribution in [0.1, 0.15) is 13.3 Å². The molecule has 1 rings (SSSR count). The van der Waals surface area contributed by atoms with Gasteiger partial charge in [0, 0.05) is 27.0 Å². The number of nitrogens with zero attached hydrogens (tertiary/aromatic N) is 1. The molecule has 0 radical (unpaired) electrons. The van der Waals surface area contributed by atoms with Crippen molar-refractivity contribution in [1.82, 2.24) is 4.90 Å². The second-order valence-corrected chi connectivity index (χ2v) is 3.12. The summed E-state index contributed by atoms with van der Waals surface area (Å²) in [4.78, 5) is 23.1. The van der Waals surface area contributed by atoms with Gasteiger partial charge in [-0.2, -0.15) is 0 Å². The molecule has 0 aromatic rings. The Morgan fingerprint density at radius 1 is 1.54 bits per heavy atom. The number of carboxylic acid groups (broad SMARTS) is 1. The highest BCUT2D eigenvalue weighted by Crippen LogP contribution is 2.19. The van der Waals surface area contributed by atoms with Gasteiger partial charge in [-0.25, -0.2) is 4.79 Å². The van der Waals surface area contributed by atoms with Gasteiger partial charge in [-0.15, -0.1) is 0 Å². The normalized spacial score (nSPS) is 27.7. The van der Waals surface area contributed by atoms with Gasteiger partial charge in [0.2, 0.25) is 5.91 Å². The van der Waals surface area contributed by atoms with E-state index in [1.54, 1.807) is 0 Å². The maximum atomic E-state index is 11.0. The number of ether oxygens (including phenoxy) is 1. The fourth-order valence-corrected chi connectivity index (χ4v) is 1.55.